The van der Waals surface area contributed by atoms with Crippen LogP contribution in [0.15, 0.2) is 23.1 Å². The molecule has 0 spiro atoms. The summed E-state index contributed by atoms with van der Waals surface area (Å²) in [7, 11) is -3.84. The van der Waals surface area contributed by atoms with Crippen molar-refractivity contribution < 1.29 is 18.3 Å². The van der Waals surface area contributed by atoms with Crippen LogP contribution >= 0.6 is 0 Å². The summed E-state index contributed by atoms with van der Waals surface area (Å²) in [5.74, 6) is -1.78. The Morgan fingerprint density at radius 1 is 1.17 bits per heavy atom. The number of benzene rings is 1. The molecule has 1 rings (SSSR count). The molecule has 100 valence electrons. The lowest BCUT2D eigenvalue weighted by Crippen LogP contribution is -2.35. The maximum Gasteiger partial charge on any atom is 0.322 e. The van der Waals surface area contributed by atoms with Gasteiger partial charge in [-0.2, -0.15) is 0 Å². The molecule has 1 aromatic rings. The van der Waals surface area contributed by atoms with Gasteiger partial charge in [0, 0.05) is 0 Å². The van der Waals surface area contributed by atoms with Crippen molar-refractivity contribution in [3.63, 3.8) is 0 Å². The van der Waals surface area contributed by atoms with E-state index < -0.39 is 27.0 Å². The molecule has 1 unspecified atom stereocenters. The van der Waals surface area contributed by atoms with Crippen LogP contribution in [-0.2, 0) is 14.6 Å². The zero-order valence-electron chi connectivity index (χ0n) is 11.0. The third kappa shape index (κ3) is 2.72. The van der Waals surface area contributed by atoms with Crippen molar-refractivity contribution in [2.24, 2.45) is 5.92 Å². The van der Waals surface area contributed by atoms with Gasteiger partial charge in [-0.05, 0) is 43.0 Å². The predicted octanol–water partition coefficient (Wildman–Crippen LogP) is 2.19. The summed E-state index contributed by atoms with van der Waals surface area (Å²) in [5.41, 5.74) is 1.81. The van der Waals surface area contributed by atoms with Crippen molar-refractivity contribution in [3.8, 4) is 0 Å². The van der Waals surface area contributed by atoms with E-state index >= 15 is 0 Å². The van der Waals surface area contributed by atoms with Gasteiger partial charge in [0.1, 0.15) is 0 Å². The number of sulfone groups is 1. The maximum absolute atomic E-state index is 12.3. The molecular weight excluding hydrogens is 252 g/mol. The molecule has 4 nitrogen and oxygen atoms in total. The highest BCUT2D eigenvalue weighted by atomic mass is 32.2. The SMILES string of the molecule is Cc1ccc(S(=O)(=O)C(C(=O)O)C(C)C)cc1C. The van der Waals surface area contributed by atoms with Crippen molar-refractivity contribution in [3.05, 3.63) is 29.3 Å². The van der Waals surface area contributed by atoms with Gasteiger partial charge in [0.2, 0.25) is 0 Å². The van der Waals surface area contributed by atoms with Crippen LogP contribution in [0.5, 0.6) is 0 Å². The third-order valence-electron chi connectivity index (χ3n) is 2.99. The molecule has 5 heteroatoms. The molecule has 0 fully saturated rings. The quantitative estimate of drug-likeness (QED) is 0.910. The first-order valence-corrected chi connectivity index (χ1v) is 7.26. The Hall–Kier alpha value is -1.36. The van der Waals surface area contributed by atoms with Gasteiger partial charge in [-0.15, -0.1) is 0 Å². The highest BCUT2D eigenvalue weighted by Crippen LogP contribution is 2.23. The minimum atomic E-state index is -3.84. The number of carboxylic acid groups (broad SMARTS) is 1. The van der Waals surface area contributed by atoms with Crippen LogP contribution in [-0.4, -0.2) is 24.7 Å². The van der Waals surface area contributed by atoms with Crippen LogP contribution in [0.2, 0.25) is 0 Å². The van der Waals surface area contributed by atoms with Gasteiger partial charge < -0.3 is 5.11 Å². The van der Waals surface area contributed by atoms with E-state index in [0.717, 1.165) is 11.1 Å². The van der Waals surface area contributed by atoms with E-state index in [9.17, 15) is 13.2 Å². The van der Waals surface area contributed by atoms with Crippen molar-refractivity contribution in [1.82, 2.24) is 0 Å². The van der Waals surface area contributed by atoms with E-state index in [1.165, 1.54) is 12.1 Å². The Morgan fingerprint density at radius 2 is 1.72 bits per heavy atom. The molecule has 0 radical (unpaired) electrons. The fraction of sp³-hybridized carbons (Fsp3) is 0.462. The summed E-state index contributed by atoms with van der Waals surface area (Å²) < 4.78 is 24.6. The van der Waals surface area contributed by atoms with Gasteiger partial charge in [-0.1, -0.05) is 19.9 Å². The molecule has 0 aromatic heterocycles. The topological polar surface area (TPSA) is 71.4 Å². The van der Waals surface area contributed by atoms with Crippen molar-refractivity contribution in [2.75, 3.05) is 0 Å². The number of aliphatic carboxylic acids is 1. The number of rotatable bonds is 4. The zero-order chi connectivity index (χ0) is 14.1. The lowest BCUT2D eigenvalue weighted by atomic mass is 10.1. The zero-order valence-corrected chi connectivity index (χ0v) is 11.8. The van der Waals surface area contributed by atoms with Crippen molar-refractivity contribution in [2.45, 2.75) is 37.8 Å². The Balaban J connectivity index is 3.36. The molecule has 0 saturated carbocycles. The Kier molecular flexibility index (Phi) is 4.16. The molecule has 1 N–H and O–H groups in total. The van der Waals surface area contributed by atoms with Crippen molar-refractivity contribution >= 4 is 15.8 Å². The molecule has 0 aliphatic heterocycles. The van der Waals surface area contributed by atoms with E-state index in [1.807, 2.05) is 6.92 Å². The van der Waals surface area contributed by atoms with E-state index in [4.69, 9.17) is 5.11 Å². The molecule has 0 amide bonds. The summed E-state index contributed by atoms with van der Waals surface area (Å²) >= 11 is 0. The molecule has 0 heterocycles. The second-order valence-corrected chi connectivity index (χ2v) is 6.86. The van der Waals surface area contributed by atoms with Gasteiger partial charge in [0.15, 0.2) is 15.1 Å². The predicted molar refractivity (Wildman–Crippen MR) is 69.4 cm³/mol. The molecular formula is C13H18O4S. The molecule has 0 aliphatic carbocycles. The Bertz CT molecular complexity index is 558. The van der Waals surface area contributed by atoms with E-state index in [0.29, 0.717) is 0 Å². The van der Waals surface area contributed by atoms with Crippen LogP contribution in [0.1, 0.15) is 25.0 Å². The average molecular weight is 270 g/mol. The highest BCUT2D eigenvalue weighted by molar-refractivity contribution is 7.92. The number of carboxylic acids is 1. The second kappa shape index (κ2) is 5.10. The molecule has 1 aromatic carbocycles. The number of aryl methyl sites for hydroxylation is 2. The van der Waals surface area contributed by atoms with E-state index in [1.54, 1.807) is 26.8 Å². The monoisotopic (exact) mass is 270 g/mol. The maximum atomic E-state index is 12.3. The summed E-state index contributed by atoms with van der Waals surface area (Å²) in [5, 5.41) is 7.68. The Labute approximate surface area is 108 Å². The summed E-state index contributed by atoms with van der Waals surface area (Å²) in [6.07, 6.45) is 0. The molecule has 0 saturated heterocycles. The minimum absolute atomic E-state index is 0.0756. The third-order valence-corrected chi connectivity index (χ3v) is 5.32. The second-order valence-electron chi connectivity index (χ2n) is 4.79. The summed E-state index contributed by atoms with van der Waals surface area (Å²) in [4.78, 5) is 11.2. The summed E-state index contributed by atoms with van der Waals surface area (Å²) in [6.45, 7) is 6.87. The first-order chi connectivity index (χ1) is 8.17. The van der Waals surface area contributed by atoms with Crippen LogP contribution < -0.4 is 0 Å². The molecule has 1 atom stereocenters. The Morgan fingerprint density at radius 3 is 2.11 bits per heavy atom. The van der Waals surface area contributed by atoms with E-state index in [-0.39, 0.29) is 4.90 Å². The number of hydrogen-bond donors (Lipinski definition) is 1. The van der Waals surface area contributed by atoms with E-state index in [2.05, 4.69) is 0 Å². The minimum Gasteiger partial charge on any atom is -0.480 e. The van der Waals surface area contributed by atoms with Crippen LogP contribution in [0.3, 0.4) is 0 Å². The molecule has 0 bridgehead atoms. The number of hydrogen-bond acceptors (Lipinski definition) is 3. The number of carbonyl (C=O) groups is 1. The highest BCUT2D eigenvalue weighted by Gasteiger charge is 2.36. The standard InChI is InChI=1S/C13H18O4S/c1-8(2)12(13(14)15)18(16,17)11-6-5-9(3)10(4)7-11/h5-8,12H,1-4H3,(H,14,15). The van der Waals surface area contributed by atoms with Crippen LogP contribution in [0.25, 0.3) is 0 Å². The first-order valence-electron chi connectivity index (χ1n) is 5.72. The van der Waals surface area contributed by atoms with Gasteiger partial charge in [-0.3, -0.25) is 4.79 Å². The largest absolute Gasteiger partial charge is 0.480 e. The first kappa shape index (κ1) is 14.7. The van der Waals surface area contributed by atoms with Gasteiger partial charge in [0.05, 0.1) is 4.90 Å². The van der Waals surface area contributed by atoms with Gasteiger partial charge >= 0.3 is 5.97 Å². The smallest absolute Gasteiger partial charge is 0.322 e. The van der Waals surface area contributed by atoms with Gasteiger partial charge in [-0.25, -0.2) is 8.42 Å². The molecule has 18 heavy (non-hydrogen) atoms. The fourth-order valence-electron chi connectivity index (χ4n) is 1.81. The average Bonchev–Trinajstić information content (AvgIpc) is 2.19. The lowest BCUT2D eigenvalue weighted by molar-refractivity contribution is -0.137. The normalized spacial score (nSPS) is 13.6. The summed E-state index contributed by atoms with van der Waals surface area (Å²) in [6, 6.07) is 4.69. The van der Waals surface area contributed by atoms with Crippen LogP contribution in [0.4, 0.5) is 0 Å². The molecule has 0 aliphatic rings. The van der Waals surface area contributed by atoms with Crippen molar-refractivity contribution in [1.29, 1.82) is 0 Å². The van der Waals surface area contributed by atoms with Gasteiger partial charge in [0.25, 0.3) is 0 Å². The lowest BCUT2D eigenvalue weighted by Gasteiger charge is -2.17. The van der Waals surface area contributed by atoms with Crippen LogP contribution in [0, 0.1) is 19.8 Å². The fourth-order valence-corrected chi connectivity index (χ4v) is 3.69.